The Balaban J connectivity index is 2.31. The third-order valence-electron chi connectivity index (χ3n) is 1.12. The van der Waals surface area contributed by atoms with Gasteiger partial charge in [-0.15, -0.1) is 0 Å². The van der Waals surface area contributed by atoms with Crippen LogP contribution in [0.1, 0.15) is 6.92 Å². The molecule has 1 aromatic heterocycles. The summed E-state index contributed by atoms with van der Waals surface area (Å²) in [4.78, 5) is 18.4. The molecule has 0 aliphatic rings. The summed E-state index contributed by atoms with van der Waals surface area (Å²) in [7, 11) is 0. The minimum absolute atomic E-state index is 0.315. The van der Waals surface area contributed by atoms with E-state index in [0.29, 0.717) is 12.6 Å². The van der Waals surface area contributed by atoms with Crippen molar-refractivity contribution in [2.45, 2.75) is 6.92 Å². The molecule has 0 aromatic carbocycles. The lowest BCUT2D eigenvalue weighted by atomic mass is 10.7. The number of nitrogens with zero attached hydrogens (tertiary/aromatic N) is 2. The summed E-state index contributed by atoms with van der Waals surface area (Å²) in [6.45, 7) is 2.04. The van der Waals surface area contributed by atoms with E-state index >= 15 is 0 Å². The molecule has 6 heteroatoms. The molecule has 0 saturated heterocycles. The second-order valence-corrected chi connectivity index (χ2v) is 2.04. The number of aromatic nitrogens is 2. The van der Waals surface area contributed by atoms with E-state index in [0.717, 1.165) is 0 Å². The van der Waals surface area contributed by atoms with Crippen LogP contribution in [0.2, 0.25) is 0 Å². The van der Waals surface area contributed by atoms with Gasteiger partial charge in [0.2, 0.25) is 5.95 Å². The third-order valence-corrected chi connectivity index (χ3v) is 1.12. The fourth-order valence-electron chi connectivity index (χ4n) is 0.638. The monoisotopic (exact) mass is 182 g/mol. The number of hydrogen-bond acceptors (Lipinski definition) is 5. The number of hydrazine groups is 1. The largest absolute Gasteiger partial charge is 0.449 e. The van der Waals surface area contributed by atoms with Crippen LogP contribution >= 0.6 is 0 Å². The number of nitrogens with one attached hydrogen (secondary N) is 2. The van der Waals surface area contributed by atoms with E-state index in [9.17, 15) is 4.79 Å². The first kappa shape index (κ1) is 9.24. The highest BCUT2D eigenvalue weighted by Gasteiger charge is 1.98. The highest BCUT2D eigenvalue weighted by atomic mass is 16.5. The smallest absolute Gasteiger partial charge is 0.426 e. The molecule has 13 heavy (non-hydrogen) atoms. The van der Waals surface area contributed by atoms with Crippen LogP contribution in [0.5, 0.6) is 0 Å². The topological polar surface area (TPSA) is 76.1 Å². The lowest BCUT2D eigenvalue weighted by Gasteiger charge is -2.05. The Bertz CT molecular complexity index is 264. The molecule has 0 aliphatic heterocycles. The number of rotatable bonds is 3. The maximum atomic E-state index is 10.8. The Morgan fingerprint density at radius 2 is 2.23 bits per heavy atom. The summed E-state index contributed by atoms with van der Waals surface area (Å²) in [5, 5.41) is 0. The van der Waals surface area contributed by atoms with E-state index in [1.54, 1.807) is 25.4 Å². The predicted octanol–water partition coefficient (Wildman–Crippen LogP) is 0.550. The maximum absolute atomic E-state index is 10.8. The zero-order chi connectivity index (χ0) is 9.52. The van der Waals surface area contributed by atoms with E-state index in [1.165, 1.54) is 0 Å². The van der Waals surface area contributed by atoms with Crippen molar-refractivity contribution in [2.24, 2.45) is 0 Å². The first-order valence-corrected chi connectivity index (χ1v) is 3.78. The van der Waals surface area contributed by atoms with Gasteiger partial charge in [0.1, 0.15) is 0 Å². The minimum Gasteiger partial charge on any atom is -0.449 e. The Labute approximate surface area is 75.3 Å². The van der Waals surface area contributed by atoms with E-state index in [2.05, 4.69) is 25.6 Å². The second kappa shape index (κ2) is 4.91. The zero-order valence-corrected chi connectivity index (χ0v) is 7.15. The third kappa shape index (κ3) is 3.37. The summed E-state index contributed by atoms with van der Waals surface area (Å²) in [5.41, 5.74) is 4.75. The summed E-state index contributed by atoms with van der Waals surface area (Å²) >= 11 is 0. The Morgan fingerprint density at radius 3 is 2.85 bits per heavy atom. The fourth-order valence-corrected chi connectivity index (χ4v) is 0.638. The molecule has 0 saturated carbocycles. The van der Waals surface area contributed by atoms with Crippen molar-refractivity contribution in [2.75, 3.05) is 12.0 Å². The first-order chi connectivity index (χ1) is 6.33. The molecule has 0 aliphatic carbocycles. The van der Waals surface area contributed by atoms with Gasteiger partial charge >= 0.3 is 6.09 Å². The van der Waals surface area contributed by atoms with E-state index in [4.69, 9.17) is 0 Å². The molecule has 1 amide bonds. The molecule has 0 spiro atoms. The van der Waals surface area contributed by atoms with Crippen LogP contribution in [0.3, 0.4) is 0 Å². The molecule has 2 N–H and O–H groups in total. The molecule has 0 fully saturated rings. The second-order valence-electron chi connectivity index (χ2n) is 2.04. The van der Waals surface area contributed by atoms with Crippen LogP contribution in [0.25, 0.3) is 0 Å². The lowest BCUT2D eigenvalue weighted by Crippen LogP contribution is -2.30. The number of ether oxygens (including phenoxy) is 1. The molecule has 1 aromatic rings. The highest BCUT2D eigenvalue weighted by Crippen LogP contribution is 1.90. The summed E-state index contributed by atoms with van der Waals surface area (Å²) in [5.74, 6) is 0.315. The van der Waals surface area contributed by atoms with Gasteiger partial charge in [-0.3, -0.25) is 5.43 Å². The summed E-state index contributed by atoms with van der Waals surface area (Å²) in [6, 6.07) is 1.68. The van der Waals surface area contributed by atoms with Crippen molar-refractivity contribution < 1.29 is 9.53 Å². The fraction of sp³-hybridized carbons (Fsp3) is 0.286. The highest BCUT2D eigenvalue weighted by molar-refractivity contribution is 5.68. The predicted molar refractivity (Wildman–Crippen MR) is 45.8 cm³/mol. The normalized spacial score (nSPS) is 9.00. The van der Waals surface area contributed by atoms with Crippen LogP contribution in [-0.2, 0) is 4.74 Å². The van der Waals surface area contributed by atoms with Crippen molar-refractivity contribution in [1.82, 2.24) is 15.4 Å². The van der Waals surface area contributed by atoms with E-state index in [-0.39, 0.29) is 0 Å². The summed E-state index contributed by atoms with van der Waals surface area (Å²) in [6.07, 6.45) is 2.56. The van der Waals surface area contributed by atoms with Crippen molar-refractivity contribution in [1.29, 1.82) is 0 Å². The number of carbonyl (C=O) groups is 1. The zero-order valence-electron chi connectivity index (χ0n) is 7.15. The molecule has 70 valence electrons. The van der Waals surface area contributed by atoms with Crippen molar-refractivity contribution in [3.05, 3.63) is 18.5 Å². The van der Waals surface area contributed by atoms with Gasteiger partial charge in [0.05, 0.1) is 6.61 Å². The Morgan fingerprint density at radius 1 is 1.54 bits per heavy atom. The van der Waals surface area contributed by atoms with Gasteiger partial charge in [-0.2, -0.15) is 0 Å². The van der Waals surface area contributed by atoms with Gasteiger partial charge in [0.25, 0.3) is 0 Å². The molecule has 1 heterocycles. The van der Waals surface area contributed by atoms with Crippen LogP contribution < -0.4 is 10.9 Å². The van der Waals surface area contributed by atoms with Crippen LogP contribution in [0.15, 0.2) is 18.5 Å². The van der Waals surface area contributed by atoms with Crippen molar-refractivity contribution in [3.63, 3.8) is 0 Å². The maximum Gasteiger partial charge on any atom is 0.426 e. The SMILES string of the molecule is CCOC(=O)NNc1ncccn1. The van der Waals surface area contributed by atoms with Gasteiger partial charge in [-0.05, 0) is 13.0 Å². The minimum atomic E-state index is -0.560. The van der Waals surface area contributed by atoms with Gasteiger partial charge in [0, 0.05) is 12.4 Å². The molecular formula is C7H10N4O2. The molecule has 6 nitrogen and oxygen atoms in total. The molecular weight excluding hydrogens is 172 g/mol. The molecule has 0 bridgehead atoms. The van der Waals surface area contributed by atoms with Crippen LogP contribution in [-0.4, -0.2) is 22.7 Å². The van der Waals surface area contributed by atoms with Crippen LogP contribution in [0, 0.1) is 0 Å². The average Bonchev–Trinajstić information content (AvgIpc) is 2.17. The van der Waals surface area contributed by atoms with E-state index < -0.39 is 6.09 Å². The van der Waals surface area contributed by atoms with E-state index in [1.807, 2.05) is 0 Å². The van der Waals surface area contributed by atoms with Gasteiger partial charge < -0.3 is 4.74 Å². The van der Waals surface area contributed by atoms with Gasteiger partial charge in [-0.25, -0.2) is 20.2 Å². The van der Waals surface area contributed by atoms with Crippen molar-refractivity contribution >= 4 is 12.0 Å². The number of hydrogen-bond donors (Lipinski definition) is 2. The molecule has 1 rings (SSSR count). The quantitative estimate of drug-likeness (QED) is 0.667. The summed E-state index contributed by atoms with van der Waals surface area (Å²) < 4.78 is 4.60. The molecule has 0 radical (unpaired) electrons. The standard InChI is InChI=1S/C7H10N4O2/c1-2-13-7(12)11-10-6-8-4-3-5-9-6/h3-5H,2H2,1H3,(H,11,12)(H,8,9,10). The van der Waals surface area contributed by atoms with Crippen LogP contribution in [0.4, 0.5) is 10.7 Å². The lowest BCUT2D eigenvalue weighted by molar-refractivity contribution is 0.154. The Hall–Kier alpha value is -1.85. The number of amides is 1. The molecule has 0 unspecified atom stereocenters. The van der Waals surface area contributed by atoms with Gasteiger partial charge in [-0.1, -0.05) is 0 Å². The number of anilines is 1. The van der Waals surface area contributed by atoms with Gasteiger partial charge in [0.15, 0.2) is 0 Å². The first-order valence-electron chi connectivity index (χ1n) is 3.78. The number of carbonyl (C=O) groups excluding carboxylic acids is 1. The Kier molecular flexibility index (Phi) is 3.49. The van der Waals surface area contributed by atoms with Crippen molar-refractivity contribution in [3.8, 4) is 0 Å². The molecule has 0 atom stereocenters. The average molecular weight is 182 g/mol.